The molecular formula is C18H24ClN5O3S. The number of likely N-dealkylation sites (N-methyl/N-ethyl adjacent to an activating group) is 1. The highest BCUT2D eigenvalue weighted by Crippen LogP contribution is 2.29. The normalized spacial score (nSPS) is 22.1. The van der Waals surface area contributed by atoms with Gasteiger partial charge in [-0.25, -0.2) is 0 Å². The molecule has 1 aromatic heterocycles. The smallest absolute Gasteiger partial charge is 0.280 e. The van der Waals surface area contributed by atoms with Gasteiger partial charge in [-0.2, -0.15) is 22.5 Å². The van der Waals surface area contributed by atoms with Crippen LogP contribution >= 0.6 is 11.6 Å². The van der Waals surface area contributed by atoms with Crippen LogP contribution in [-0.2, 0) is 28.1 Å². The van der Waals surface area contributed by atoms with Crippen LogP contribution in [0.25, 0.3) is 0 Å². The summed E-state index contributed by atoms with van der Waals surface area (Å²) in [6, 6.07) is 5.80. The summed E-state index contributed by atoms with van der Waals surface area (Å²) in [6.07, 6.45) is 2.15. The van der Waals surface area contributed by atoms with Crippen LogP contribution in [0.3, 0.4) is 0 Å². The molecule has 8 nitrogen and oxygen atoms in total. The van der Waals surface area contributed by atoms with Gasteiger partial charge in [-0.3, -0.25) is 9.48 Å². The van der Waals surface area contributed by atoms with Crippen molar-refractivity contribution in [3.63, 3.8) is 0 Å². The van der Waals surface area contributed by atoms with Crippen molar-refractivity contribution < 1.29 is 13.2 Å². The highest BCUT2D eigenvalue weighted by atomic mass is 35.5. The number of nitrogens with zero attached hydrogens (tertiary/aromatic N) is 3. The van der Waals surface area contributed by atoms with Crippen molar-refractivity contribution >= 4 is 27.7 Å². The molecule has 1 aromatic carbocycles. The molecule has 0 aliphatic carbocycles. The SMILES string of the molecule is CCn1cc([C@H]2C[C@@H](C(=O)NCc3ccc(Cl)cc3)N(C)S(=O)(=O)N2)c(C)n1. The number of aromatic nitrogens is 2. The van der Waals surface area contributed by atoms with E-state index in [2.05, 4.69) is 15.1 Å². The number of aryl methyl sites for hydroxylation is 2. The lowest BCUT2D eigenvalue weighted by Crippen LogP contribution is -2.57. The molecule has 2 aromatic rings. The monoisotopic (exact) mass is 425 g/mol. The average molecular weight is 426 g/mol. The van der Waals surface area contributed by atoms with E-state index >= 15 is 0 Å². The Balaban J connectivity index is 1.77. The Morgan fingerprint density at radius 2 is 2.04 bits per heavy atom. The zero-order valence-electron chi connectivity index (χ0n) is 16.0. The van der Waals surface area contributed by atoms with Gasteiger partial charge in [0, 0.05) is 36.9 Å². The number of carbonyl (C=O) groups excluding carboxylic acids is 1. The average Bonchev–Trinajstić information content (AvgIpc) is 3.04. The van der Waals surface area contributed by atoms with E-state index in [1.165, 1.54) is 7.05 Å². The van der Waals surface area contributed by atoms with Gasteiger partial charge in [-0.05, 0) is 38.0 Å². The lowest BCUT2D eigenvalue weighted by atomic mass is 10.00. The number of carbonyl (C=O) groups is 1. The van der Waals surface area contributed by atoms with Gasteiger partial charge in [0.2, 0.25) is 5.91 Å². The molecule has 1 amide bonds. The Kier molecular flexibility index (Phi) is 6.09. The maximum Gasteiger partial charge on any atom is 0.280 e. The topological polar surface area (TPSA) is 96.3 Å². The van der Waals surface area contributed by atoms with Crippen LogP contribution < -0.4 is 10.0 Å². The van der Waals surface area contributed by atoms with E-state index < -0.39 is 22.3 Å². The summed E-state index contributed by atoms with van der Waals surface area (Å²) in [7, 11) is -2.38. The van der Waals surface area contributed by atoms with Crippen molar-refractivity contribution in [3.8, 4) is 0 Å². The molecule has 2 heterocycles. The largest absolute Gasteiger partial charge is 0.351 e. The minimum absolute atomic E-state index is 0.297. The highest BCUT2D eigenvalue weighted by Gasteiger charge is 2.41. The summed E-state index contributed by atoms with van der Waals surface area (Å²) in [5, 5.41) is 7.82. The van der Waals surface area contributed by atoms with Crippen LogP contribution in [0.5, 0.6) is 0 Å². The summed E-state index contributed by atoms with van der Waals surface area (Å²) in [6.45, 7) is 4.78. The van der Waals surface area contributed by atoms with Crippen molar-refractivity contribution in [1.82, 2.24) is 24.1 Å². The van der Waals surface area contributed by atoms with Crippen LogP contribution in [0, 0.1) is 6.92 Å². The van der Waals surface area contributed by atoms with Crippen molar-refractivity contribution in [2.45, 2.75) is 45.4 Å². The molecule has 152 valence electrons. The van der Waals surface area contributed by atoms with Gasteiger partial charge in [-0.1, -0.05) is 23.7 Å². The van der Waals surface area contributed by atoms with Crippen molar-refractivity contribution in [3.05, 3.63) is 52.3 Å². The fourth-order valence-electron chi connectivity index (χ4n) is 3.26. The summed E-state index contributed by atoms with van der Waals surface area (Å²) < 4.78 is 30.6. The molecule has 0 unspecified atom stereocenters. The molecule has 28 heavy (non-hydrogen) atoms. The van der Waals surface area contributed by atoms with Gasteiger partial charge in [0.05, 0.1) is 11.7 Å². The van der Waals surface area contributed by atoms with Crippen molar-refractivity contribution in [2.24, 2.45) is 0 Å². The van der Waals surface area contributed by atoms with Crippen LogP contribution in [-0.4, -0.2) is 41.5 Å². The molecule has 1 fully saturated rings. The first-order chi connectivity index (χ1) is 13.2. The second-order valence-corrected chi connectivity index (χ2v) is 9.01. The van der Waals surface area contributed by atoms with Crippen LogP contribution in [0.2, 0.25) is 5.02 Å². The minimum atomic E-state index is -3.79. The summed E-state index contributed by atoms with van der Waals surface area (Å²) in [5.41, 5.74) is 2.42. The number of benzene rings is 1. The van der Waals surface area contributed by atoms with Gasteiger partial charge < -0.3 is 5.32 Å². The molecule has 3 rings (SSSR count). The van der Waals surface area contributed by atoms with Gasteiger partial charge in [-0.15, -0.1) is 0 Å². The summed E-state index contributed by atoms with van der Waals surface area (Å²) in [5.74, 6) is -0.340. The van der Waals surface area contributed by atoms with Gasteiger partial charge in [0.25, 0.3) is 10.2 Å². The first-order valence-electron chi connectivity index (χ1n) is 9.02. The molecule has 2 atom stereocenters. The third kappa shape index (κ3) is 4.38. The van der Waals surface area contributed by atoms with Gasteiger partial charge in [0.1, 0.15) is 6.04 Å². The summed E-state index contributed by atoms with van der Waals surface area (Å²) >= 11 is 5.87. The van der Waals surface area contributed by atoms with E-state index in [-0.39, 0.29) is 5.91 Å². The Labute approximate surface area is 170 Å². The second kappa shape index (κ2) is 8.20. The molecule has 1 aliphatic heterocycles. The number of hydrogen-bond acceptors (Lipinski definition) is 4. The fourth-order valence-corrected chi connectivity index (χ4v) is 4.65. The predicted molar refractivity (Wildman–Crippen MR) is 107 cm³/mol. The lowest BCUT2D eigenvalue weighted by Gasteiger charge is -2.36. The quantitative estimate of drug-likeness (QED) is 0.762. The minimum Gasteiger partial charge on any atom is -0.351 e. The number of hydrogen-bond donors (Lipinski definition) is 2. The molecule has 1 aliphatic rings. The third-order valence-electron chi connectivity index (χ3n) is 4.93. The van der Waals surface area contributed by atoms with Crippen molar-refractivity contribution in [2.75, 3.05) is 7.05 Å². The van der Waals surface area contributed by atoms with Gasteiger partial charge >= 0.3 is 0 Å². The Bertz CT molecular complexity index is 958. The lowest BCUT2D eigenvalue weighted by molar-refractivity contribution is -0.125. The zero-order chi connectivity index (χ0) is 20.5. The molecule has 1 saturated heterocycles. The van der Waals surface area contributed by atoms with E-state index in [9.17, 15) is 13.2 Å². The third-order valence-corrected chi connectivity index (χ3v) is 6.78. The molecule has 0 radical (unpaired) electrons. The molecule has 0 spiro atoms. The first kappa shape index (κ1) is 20.8. The molecule has 0 saturated carbocycles. The van der Waals surface area contributed by atoms with E-state index in [1.54, 1.807) is 16.8 Å². The Morgan fingerprint density at radius 3 is 2.64 bits per heavy atom. The first-order valence-corrected chi connectivity index (χ1v) is 10.8. The molecular weight excluding hydrogens is 402 g/mol. The van der Waals surface area contributed by atoms with Gasteiger partial charge in [0.15, 0.2) is 0 Å². The van der Waals surface area contributed by atoms with E-state index in [0.29, 0.717) is 24.5 Å². The zero-order valence-corrected chi connectivity index (χ0v) is 17.6. The Hall–Kier alpha value is -1.94. The van der Waals surface area contributed by atoms with Crippen molar-refractivity contribution in [1.29, 1.82) is 0 Å². The predicted octanol–water partition coefficient (Wildman–Crippen LogP) is 1.76. The second-order valence-electron chi connectivity index (χ2n) is 6.81. The van der Waals surface area contributed by atoms with E-state index in [4.69, 9.17) is 11.6 Å². The summed E-state index contributed by atoms with van der Waals surface area (Å²) in [4.78, 5) is 12.8. The maximum atomic E-state index is 12.8. The van der Waals surface area contributed by atoms with Crippen LogP contribution in [0.4, 0.5) is 0 Å². The van der Waals surface area contributed by atoms with E-state index in [1.807, 2.05) is 32.2 Å². The van der Waals surface area contributed by atoms with Crippen LogP contribution in [0.15, 0.2) is 30.5 Å². The standard InChI is InChI=1S/C18H24ClN5O3S/c1-4-24-11-15(12(2)21-24)16-9-17(23(3)28(26,27)22-16)18(25)20-10-13-5-7-14(19)8-6-13/h5-8,11,16-17,22H,4,9-10H2,1-3H3,(H,20,25)/t16-,17+/m1/s1. The molecule has 0 bridgehead atoms. The number of rotatable bonds is 5. The van der Waals surface area contributed by atoms with E-state index in [0.717, 1.165) is 21.1 Å². The molecule has 10 heteroatoms. The van der Waals surface area contributed by atoms with Crippen LogP contribution in [0.1, 0.15) is 36.2 Å². The molecule has 2 N–H and O–H groups in total. The highest BCUT2D eigenvalue weighted by molar-refractivity contribution is 7.87. The Morgan fingerprint density at radius 1 is 1.36 bits per heavy atom. The fraction of sp³-hybridized carbons (Fsp3) is 0.444. The number of halogens is 1. The number of nitrogens with one attached hydrogen (secondary N) is 2. The maximum absolute atomic E-state index is 12.8. The number of amides is 1.